The van der Waals surface area contributed by atoms with Crippen LogP contribution >= 0.6 is 0 Å². The normalized spacial score (nSPS) is 13.8. The molecule has 2 aromatic carbocycles. The van der Waals surface area contributed by atoms with Crippen molar-refractivity contribution in [3.05, 3.63) is 54.6 Å². The average Bonchev–Trinajstić information content (AvgIpc) is 3.27. The van der Waals surface area contributed by atoms with Crippen LogP contribution in [-0.2, 0) is 4.74 Å². The van der Waals surface area contributed by atoms with E-state index in [1.807, 2.05) is 11.0 Å². The lowest BCUT2D eigenvalue weighted by Gasteiger charge is -2.33. The van der Waals surface area contributed by atoms with Crippen molar-refractivity contribution in [1.29, 1.82) is 5.26 Å². The van der Waals surface area contributed by atoms with Gasteiger partial charge >= 0.3 is 6.09 Å². The molecule has 1 saturated heterocycles. The smallest absolute Gasteiger partial charge is 0.420 e. The Hall–Kier alpha value is -4.76. The van der Waals surface area contributed by atoms with Crippen molar-refractivity contribution in [2.24, 2.45) is 0 Å². The Labute approximate surface area is 260 Å². The summed E-state index contributed by atoms with van der Waals surface area (Å²) in [5, 5.41) is 10.1. The molecule has 0 atom stereocenters. The molecule has 12 heteroatoms. The molecule has 5 rings (SSSR count). The van der Waals surface area contributed by atoms with Crippen molar-refractivity contribution in [2.45, 2.75) is 39.5 Å². The van der Waals surface area contributed by atoms with Gasteiger partial charge in [0.1, 0.15) is 36.1 Å². The summed E-state index contributed by atoms with van der Waals surface area (Å²) in [6.07, 6.45) is 0.204. The Kier molecular flexibility index (Phi) is 8.93. The topological polar surface area (TPSA) is 106 Å². The second-order valence-corrected chi connectivity index (χ2v) is 11.9. The number of alkyl halides is 1. The second-order valence-electron chi connectivity index (χ2n) is 11.9. The second kappa shape index (κ2) is 12.7. The number of halogens is 2. The number of likely N-dealkylation sites (tertiary alicyclic amines) is 1. The first-order valence-electron chi connectivity index (χ1n) is 14.6. The van der Waals surface area contributed by atoms with Crippen molar-refractivity contribution >= 4 is 33.7 Å². The minimum absolute atomic E-state index is 0.226. The Morgan fingerprint density at radius 1 is 1.20 bits per heavy atom. The number of benzene rings is 2. The van der Waals surface area contributed by atoms with E-state index in [0.29, 0.717) is 83.3 Å². The highest BCUT2D eigenvalue weighted by Crippen LogP contribution is 2.41. The molecule has 0 radical (unpaired) electrons. The van der Waals surface area contributed by atoms with E-state index in [9.17, 15) is 14.4 Å². The van der Waals surface area contributed by atoms with E-state index in [-0.39, 0.29) is 12.3 Å². The number of nitriles is 1. The van der Waals surface area contributed by atoms with E-state index < -0.39 is 23.7 Å². The lowest BCUT2D eigenvalue weighted by atomic mass is 10.0. The van der Waals surface area contributed by atoms with Gasteiger partial charge in [0.15, 0.2) is 23.8 Å². The molecule has 4 aromatic rings. The molecular formula is C33H36F2N6O4. The zero-order valence-electron chi connectivity index (χ0n) is 26.1. The van der Waals surface area contributed by atoms with Gasteiger partial charge in [-0.05, 0) is 58.0 Å². The molecule has 0 amide bonds. The molecular weight excluding hydrogens is 582 g/mol. The lowest BCUT2D eigenvalue weighted by molar-refractivity contribution is 0.0534. The molecule has 2 aromatic heterocycles. The predicted molar refractivity (Wildman–Crippen MR) is 168 cm³/mol. The molecule has 0 aliphatic carbocycles. The van der Waals surface area contributed by atoms with Gasteiger partial charge in [-0.15, -0.1) is 6.58 Å². The highest BCUT2D eigenvalue weighted by Gasteiger charge is 2.29. The van der Waals surface area contributed by atoms with Gasteiger partial charge < -0.3 is 19.1 Å². The minimum Gasteiger partial charge on any atom is -0.488 e. The fourth-order valence-corrected chi connectivity index (χ4v) is 5.33. The van der Waals surface area contributed by atoms with Crippen molar-refractivity contribution in [3.8, 4) is 28.8 Å². The maximum atomic E-state index is 15.3. The minimum atomic E-state index is -0.815. The van der Waals surface area contributed by atoms with Gasteiger partial charge in [0, 0.05) is 44.2 Å². The largest absolute Gasteiger partial charge is 0.488 e. The van der Waals surface area contributed by atoms with Gasteiger partial charge in [-0.3, -0.25) is 4.90 Å². The standard InChI is InChI=1S/C33H36F2N6O4/c1-7-11-39(6)25-17-22(34)16-24-28-29(37-20(2)38-31(28)41(30(24)25)32(42)45-33(3,4)5)21-8-9-26(27(15-21)43-13-10-36)44-14-12-40-18-23(35)19-40/h7-9,15-17,23H,1,11-14,18-19H2,2-6H3. The molecule has 0 saturated carbocycles. The van der Waals surface area contributed by atoms with Crippen LogP contribution < -0.4 is 14.4 Å². The van der Waals surface area contributed by atoms with Gasteiger partial charge in [-0.1, -0.05) is 6.08 Å². The van der Waals surface area contributed by atoms with Gasteiger partial charge in [-0.25, -0.2) is 28.1 Å². The Morgan fingerprint density at radius 3 is 2.62 bits per heavy atom. The molecule has 10 nitrogen and oxygen atoms in total. The molecule has 0 bridgehead atoms. The Morgan fingerprint density at radius 2 is 1.96 bits per heavy atom. The average molecular weight is 619 g/mol. The number of hydrogen-bond acceptors (Lipinski definition) is 9. The fourth-order valence-electron chi connectivity index (χ4n) is 5.33. The number of nitrogens with zero attached hydrogens (tertiary/aromatic N) is 6. The van der Waals surface area contributed by atoms with E-state index in [1.54, 1.807) is 63.9 Å². The van der Waals surface area contributed by atoms with Gasteiger partial charge in [0.05, 0.1) is 22.3 Å². The number of aromatic nitrogens is 3. The summed E-state index contributed by atoms with van der Waals surface area (Å²) in [5.74, 6) is 0.571. The van der Waals surface area contributed by atoms with Gasteiger partial charge in [-0.2, -0.15) is 5.26 Å². The SMILES string of the molecule is C=CCN(C)c1cc(F)cc2c3c(-c4ccc(OCCN5CC(F)C5)c(OCC#N)c4)nc(C)nc3n(C(=O)OC(C)(C)C)c12. The fraction of sp³-hybridized carbons (Fsp3) is 0.394. The number of fused-ring (bicyclic) bond motifs is 3. The summed E-state index contributed by atoms with van der Waals surface area (Å²) in [5.41, 5.74) is 1.29. The van der Waals surface area contributed by atoms with Crippen LogP contribution in [0, 0.1) is 24.1 Å². The Balaban J connectivity index is 1.70. The third-order valence-corrected chi connectivity index (χ3v) is 7.24. The van der Waals surface area contributed by atoms with Gasteiger partial charge in [0.25, 0.3) is 0 Å². The first kappa shape index (κ1) is 31.7. The van der Waals surface area contributed by atoms with Gasteiger partial charge in [0.2, 0.25) is 0 Å². The molecule has 1 fully saturated rings. The number of carbonyl (C=O) groups is 1. The molecule has 45 heavy (non-hydrogen) atoms. The van der Waals surface area contributed by atoms with Crippen LogP contribution in [0.15, 0.2) is 43.0 Å². The monoisotopic (exact) mass is 618 g/mol. The highest BCUT2D eigenvalue weighted by molar-refractivity contribution is 6.19. The van der Waals surface area contributed by atoms with E-state index in [2.05, 4.69) is 11.6 Å². The third kappa shape index (κ3) is 6.68. The van der Waals surface area contributed by atoms with E-state index in [1.165, 1.54) is 16.7 Å². The van der Waals surface area contributed by atoms with E-state index in [0.717, 1.165) is 0 Å². The Bertz CT molecular complexity index is 1800. The highest BCUT2D eigenvalue weighted by atomic mass is 19.1. The van der Waals surface area contributed by atoms with Crippen molar-refractivity contribution in [2.75, 3.05) is 51.3 Å². The van der Waals surface area contributed by atoms with Crippen molar-refractivity contribution in [1.82, 2.24) is 19.4 Å². The van der Waals surface area contributed by atoms with Crippen LogP contribution in [0.25, 0.3) is 33.2 Å². The maximum absolute atomic E-state index is 15.3. The number of carbonyl (C=O) groups excluding carboxylic acids is 1. The summed E-state index contributed by atoms with van der Waals surface area (Å²) in [6, 6.07) is 9.86. The summed E-state index contributed by atoms with van der Waals surface area (Å²) in [6.45, 7) is 12.6. The zero-order valence-corrected chi connectivity index (χ0v) is 26.1. The quantitative estimate of drug-likeness (QED) is 0.197. The molecule has 0 spiro atoms. The van der Waals surface area contributed by atoms with Crippen LogP contribution in [0.3, 0.4) is 0 Å². The zero-order chi connectivity index (χ0) is 32.5. The predicted octanol–water partition coefficient (Wildman–Crippen LogP) is 6.04. The molecule has 1 aliphatic heterocycles. The number of likely N-dealkylation sites (N-methyl/N-ethyl adjacent to an activating group) is 1. The summed E-state index contributed by atoms with van der Waals surface area (Å²) in [7, 11) is 1.78. The number of hydrogen-bond donors (Lipinski definition) is 0. The van der Waals surface area contributed by atoms with Crippen LogP contribution in [0.2, 0.25) is 0 Å². The van der Waals surface area contributed by atoms with Crippen LogP contribution in [0.1, 0.15) is 26.6 Å². The number of ether oxygens (including phenoxy) is 3. The number of rotatable bonds is 10. The van der Waals surface area contributed by atoms with E-state index >= 15 is 4.39 Å². The summed E-state index contributed by atoms with van der Waals surface area (Å²) < 4.78 is 47.3. The molecule has 236 valence electrons. The number of anilines is 1. The summed E-state index contributed by atoms with van der Waals surface area (Å²) >= 11 is 0. The van der Waals surface area contributed by atoms with E-state index in [4.69, 9.17) is 19.2 Å². The first-order chi connectivity index (χ1) is 21.4. The molecule has 3 heterocycles. The third-order valence-electron chi connectivity index (χ3n) is 7.24. The molecule has 0 N–H and O–H groups in total. The molecule has 1 aliphatic rings. The molecule has 0 unspecified atom stereocenters. The van der Waals surface area contributed by atoms with Crippen LogP contribution in [0.4, 0.5) is 19.3 Å². The summed E-state index contributed by atoms with van der Waals surface area (Å²) in [4.78, 5) is 26.9. The lowest BCUT2D eigenvalue weighted by Crippen LogP contribution is -2.49. The maximum Gasteiger partial charge on any atom is 0.420 e. The number of aryl methyl sites for hydroxylation is 1. The first-order valence-corrected chi connectivity index (χ1v) is 14.6. The van der Waals surface area contributed by atoms with Crippen LogP contribution in [0.5, 0.6) is 11.5 Å². The van der Waals surface area contributed by atoms with Crippen molar-refractivity contribution < 1.29 is 27.8 Å². The van der Waals surface area contributed by atoms with Crippen LogP contribution in [-0.4, -0.2) is 83.7 Å². The van der Waals surface area contributed by atoms with Crippen molar-refractivity contribution in [3.63, 3.8) is 0 Å².